The average molecular weight is 403 g/mol. The molecule has 0 radical (unpaired) electrons. The molecule has 0 aromatic heterocycles. The zero-order chi connectivity index (χ0) is 21.3. The quantitative estimate of drug-likeness (QED) is 0.441. The number of hydrogen-bond donors (Lipinski definition) is 0. The van der Waals surface area contributed by atoms with Crippen LogP contribution in [0.1, 0.15) is 96.6 Å². The van der Waals surface area contributed by atoms with Crippen molar-refractivity contribution in [2.24, 2.45) is 11.8 Å². The molecule has 0 saturated heterocycles. The van der Waals surface area contributed by atoms with Crippen molar-refractivity contribution < 1.29 is 4.79 Å². The first kappa shape index (κ1) is 21.3. The first-order valence-electron chi connectivity index (χ1n) is 12.1. The summed E-state index contributed by atoms with van der Waals surface area (Å²) < 4.78 is 0. The predicted molar refractivity (Wildman–Crippen MR) is 126 cm³/mol. The van der Waals surface area contributed by atoms with Gasteiger partial charge in [-0.3, -0.25) is 4.79 Å². The van der Waals surface area contributed by atoms with E-state index in [0.717, 1.165) is 12.8 Å². The van der Waals surface area contributed by atoms with Crippen molar-refractivity contribution in [2.75, 3.05) is 0 Å². The van der Waals surface area contributed by atoms with Crippen LogP contribution in [0.3, 0.4) is 0 Å². The van der Waals surface area contributed by atoms with Crippen LogP contribution in [-0.4, -0.2) is 5.78 Å². The van der Waals surface area contributed by atoms with Crippen LogP contribution in [0.15, 0.2) is 36.4 Å². The number of hydrogen-bond acceptors (Lipinski definition) is 1. The molecule has 1 nitrogen and oxygen atoms in total. The van der Waals surface area contributed by atoms with E-state index >= 15 is 0 Å². The Kier molecular flexibility index (Phi) is 6.46. The van der Waals surface area contributed by atoms with Crippen molar-refractivity contribution in [1.29, 1.82) is 0 Å². The molecule has 160 valence electrons. The fraction of sp³-hybridized carbons (Fsp3) is 0.552. The van der Waals surface area contributed by atoms with Gasteiger partial charge in [0.1, 0.15) is 5.78 Å². The summed E-state index contributed by atoms with van der Waals surface area (Å²) in [6.07, 6.45) is 9.25. The van der Waals surface area contributed by atoms with Crippen LogP contribution >= 0.6 is 0 Å². The second-order valence-electron chi connectivity index (χ2n) is 10.1. The lowest BCUT2D eigenvalue weighted by molar-refractivity contribution is -0.120. The van der Waals surface area contributed by atoms with Crippen molar-refractivity contribution in [3.05, 3.63) is 69.8 Å². The standard InChI is InChI=1S/C29H38O/c1-19-9-5-15-26(21(19)3)28(23-11-7-12-23)17-25(30)18-29(24-13-8-14-24)27-16-6-10-20(2)22(27)4/h5-6,9-10,15-16,23-24,28-29H,7-8,11-14,17-18H2,1-4H3/t28-,29-/m1/s1. The molecule has 0 spiro atoms. The van der Waals surface area contributed by atoms with E-state index < -0.39 is 0 Å². The first-order valence-corrected chi connectivity index (χ1v) is 12.1. The molecule has 0 N–H and O–H groups in total. The minimum Gasteiger partial charge on any atom is -0.300 e. The van der Waals surface area contributed by atoms with E-state index in [1.165, 1.54) is 71.9 Å². The fourth-order valence-corrected chi connectivity index (χ4v) is 5.67. The Balaban J connectivity index is 1.55. The van der Waals surface area contributed by atoms with E-state index in [1.54, 1.807) is 0 Å². The minimum atomic E-state index is 0.409. The number of carbonyl (C=O) groups excluding carboxylic acids is 1. The highest BCUT2D eigenvalue weighted by molar-refractivity contribution is 5.80. The van der Waals surface area contributed by atoms with Crippen LogP contribution in [0, 0.1) is 39.5 Å². The van der Waals surface area contributed by atoms with Gasteiger partial charge < -0.3 is 0 Å². The number of aryl methyl sites for hydroxylation is 2. The third kappa shape index (κ3) is 4.27. The molecule has 2 fully saturated rings. The molecule has 2 atom stereocenters. The summed E-state index contributed by atoms with van der Waals surface area (Å²) in [5.74, 6) is 2.68. The first-order chi connectivity index (χ1) is 14.5. The van der Waals surface area contributed by atoms with Crippen molar-refractivity contribution in [2.45, 2.75) is 90.9 Å². The number of rotatable bonds is 8. The smallest absolute Gasteiger partial charge is 0.134 e. The Morgan fingerprint density at radius 3 is 1.47 bits per heavy atom. The van der Waals surface area contributed by atoms with Gasteiger partial charge in [0, 0.05) is 12.8 Å². The molecule has 0 amide bonds. The molecule has 1 heteroatoms. The number of carbonyl (C=O) groups is 1. The van der Waals surface area contributed by atoms with E-state index in [4.69, 9.17) is 0 Å². The second kappa shape index (κ2) is 9.08. The maximum Gasteiger partial charge on any atom is 0.134 e. The van der Waals surface area contributed by atoms with Crippen LogP contribution < -0.4 is 0 Å². The van der Waals surface area contributed by atoms with Crippen molar-refractivity contribution >= 4 is 5.78 Å². The van der Waals surface area contributed by atoms with Gasteiger partial charge in [-0.1, -0.05) is 49.2 Å². The van der Waals surface area contributed by atoms with Gasteiger partial charge in [-0.25, -0.2) is 0 Å². The van der Waals surface area contributed by atoms with Gasteiger partial charge in [0.2, 0.25) is 0 Å². The third-order valence-corrected chi connectivity index (χ3v) is 8.42. The predicted octanol–water partition coefficient (Wildman–Crippen LogP) is 7.74. The number of Topliss-reactive ketones (excluding diaryl/α,β-unsaturated/α-hetero) is 1. The zero-order valence-corrected chi connectivity index (χ0v) is 19.3. The van der Waals surface area contributed by atoms with Gasteiger partial charge in [0.05, 0.1) is 0 Å². The van der Waals surface area contributed by atoms with E-state index in [1.807, 2.05) is 0 Å². The monoisotopic (exact) mass is 402 g/mol. The number of benzene rings is 2. The van der Waals surface area contributed by atoms with E-state index in [-0.39, 0.29) is 0 Å². The zero-order valence-electron chi connectivity index (χ0n) is 19.3. The normalized spacial score (nSPS) is 19.1. The lowest BCUT2D eigenvalue weighted by Gasteiger charge is -2.37. The third-order valence-electron chi connectivity index (χ3n) is 8.42. The molecular formula is C29H38O. The van der Waals surface area contributed by atoms with Crippen LogP contribution in [0.2, 0.25) is 0 Å². The molecule has 30 heavy (non-hydrogen) atoms. The summed E-state index contributed by atoms with van der Waals surface area (Å²) in [5, 5.41) is 0. The van der Waals surface area contributed by atoms with Gasteiger partial charge in [0.15, 0.2) is 0 Å². The van der Waals surface area contributed by atoms with Crippen LogP contribution in [-0.2, 0) is 4.79 Å². The van der Waals surface area contributed by atoms with Gasteiger partial charge in [-0.2, -0.15) is 0 Å². The maximum absolute atomic E-state index is 13.5. The SMILES string of the molecule is Cc1cccc([C@H](CC(=O)C[C@@H](c2cccc(C)c2C)C2CCC2)C2CCC2)c1C. The van der Waals surface area contributed by atoms with E-state index in [9.17, 15) is 4.79 Å². The summed E-state index contributed by atoms with van der Waals surface area (Å²) >= 11 is 0. The lowest BCUT2D eigenvalue weighted by Crippen LogP contribution is -2.27. The molecule has 0 bridgehead atoms. The van der Waals surface area contributed by atoms with E-state index in [2.05, 4.69) is 64.1 Å². The molecule has 0 heterocycles. The Labute approximate surface area is 183 Å². The molecule has 2 aromatic carbocycles. The highest BCUT2D eigenvalue weighted by atomic mass is 16.1. The van der Waals surface area contributed by atoms with Gasteiger partial charge in [-0.15, -0.1) is 0 Å². The fourth-order valence-electron chi connectivity index (χ4n) is 5.67. The molecular weight excluding hydrogens is 364 g/mol. The summed E-state index contributed by atoms with van der Waals surface area (Å²) in [6, 6.07) is 13.3. The van der Waals surface area contributed by atoms with Crippen molar-refractivity contribution in [1.82, 2.24) is 0 Å². The van der Waals surface area contributed by atoms with Crippen LogP contribution in [0.5, 0.6) is 0 Å². The molecule has 0 unspecified atom stereocenters. The summed E-state index contributed by atoms with van der Waals surface area (Å²) in [7, 11) is 0. The topological polar surface area (TPSA) is 17.1 Å². The Bertz CT molecular complexity index is 827. The molecule has 2 aliphatic carbocycles. The van der Waals surface area contributed by atoms with Crippen molar-refractivity contribution in [3.8, 4) is 0 Å². The summed E-state index contributed by atoms with van der Waals surface area (Å²) in [6.45, 7) is 8.89. The summed E-state index contributed by atoms with van der Waals surface area (Å²) in [5.41, 5.74) is 8.36. The van der Waals surface area contributed by atoms with Gasteiger partial charge in [-0.05, 0) is 110 Å². The largest absolute Gasteiger partial charge is 0.300 e. The van der Waals surface area contributed by atoms with E-state index in [0.29, 0.717) is 29.5 Å². The average Bonchev–Trinajstić information content (AvgIpc) is 2.62. The molecule has 2 saturated carbocycles. The molecule has 0 aliphatic heterocycles. The minimum absolute atomic E-state index is 0.409. The Morgan fingerprint density at radius 2 is 1.13 bits per heavy atom. The summed E-state index contributed by atoms with van der Waals surface area (Å²) in [4.78, 5) is 13.5. The van der Waals surface area contributed by atoms with Crippen molar-refractivity contribution in [3.63, 3.8) is 0 Å². The Morgan fingerprint density at radius 1 is 0.733 bits per heavy atom. The molecule has 4 rings (SSSR count). The number of ketones is 1. The maximum atomic E-state index is 13.5. The molecule has 2 aromatic rings. The van der Waals surface area contributed by atoms with Gasteiger partial charge in [0.25, 0.3) is 0 Å². The van der Waals surface area contributed by atoms with Gasteiger partial charge >= 0.3 is 0 Å². The highest BCUT2D eigenvalue weighted by Crippen LogP contribution is 2.46. The highest BCUT2D eigenvalue weighted by Gasteiger charge is 2.34. The van der Waals surface area contributed by atoms with Crippen LogP contribution in [0.25, 0.3) is 0 Å². The lowest BCUT2D eigenvalue weighted by atomic mass is 9.67. The van der Waals surface area contributed by atoms with Crippen LogP contribution in [0.4, 0.5) is 0 Å². The Hall–Kier alpha value is -1.89. The second-order valence-corrected chi connectivity index (χ2v) is 10.1. The molecule has 2 aliphatic rings.